The highest BCUT2D eigenvalue weighted by Gasteiger charge is 2.81. The van der Waals surface area contributed by atoms with Crippen LogP contribution in [-0.4, -0.2) is 28.6 Å². The Labute approximate surface area is 206 Å². The molecule has 6 aliphatic rings. The van der Waals surface area contributed by atoms with Crippen LogP contribution >= 0.6 is 0 Å². The summed E-state index contributed by atoms with van der Waals surface area (Å²) in [5.74, 6) is 1.07. The molecule has 1 heterocycles. The number of Topliss-reactive ketones (excluding diaryl/α,β-unsaturated/α-hetero) is 1. The fraction of sp³-hybridized carbons (Fsp3) is 0.933. The van der Waals surface area contributed by atoms with E-state index in [0.29, 0.717) is 24.0 Å². The molecule has 0 aromatic rings. The molecule has 6 rings (SSSR count). The SMILES string of the molecule is CC1(C)CCC23CCC4(C)C5(C)CCC6C(C)(C)C(=O)CCC6(C)C5CC(OC2=O)C4(O)C3C1. The van der Waals surface area contributed by atoms with E-state index in [0.717, 1.165) is 57.8 Å². The number of esters is 1. The maximum absolute atomic E-state index is 13.7. The maximum Gasteiger partial charge on any atom is 0.312 e. The Kier molecular flexibility index (Phi) is 4.37. The number of hydrogen-bond acceptors (Lipinski definition) is 4. The minimum atomic E-state index is -0.967. The first-order valence-electron chi connectivity index (χ1n) is 14.1. The Morgan fingerprint density at radius 2 is 1.50 bits per heavy atom. The minimum Gasteiger partial charge on any atom is -0.459 e. The third kappa shape index (κ3) is 2.32. The summed E-state index contributed by atoms with van der Waals surface area (Å²) in [5.41, 5.74) is -1.93. The molecule has 5 aliphatic carbocycles. The molecular formula is C30H46O4. The van der Waals surface area contributed by atoms with Gasteiger partial charge in [-0.25, -0.2) is 0 Å². The maximum atomic E-state index is 13.7. The Balaban J connectivity index is 1.50. The summed E-state index contributed by atoms with van der Waals surface area (Å²) >= 11 is 0. The van der Waals surface area contributed by atoms with Gasteiger partial charge < -0.3 is 9.84 Å². The van der Waals surface area contributed by atoms with Gasteiger partial charge in [0.15, 0.2) is 0 Å². The van der Waals surface area contributed by atoms with Gasteiger partial charge in [-0.2, -0.15) is 0 Å². The number of ether oxygens (including phenoxy) is 1. The van der Waals surface area contributed by atoms with E-state index in [1.54, 1.807) is 0 Å². The van der Waals surface area contributed by atoms with Crippen LogP contribution in [0.5, 0.6) is 0 Å². The zero-order valence-electron chi connectivity index (χ0n) is 22.6. The number of carbonyl (C=O) groups is 2. The molecule has 2 bridgehead atoms. The van der Waals surface area contributed by atoms with E-state index in [-0.39, 0.29) is 39.0 Å². The van der Waals surface area contributed by atoms with Crippen molar-refractivity contribution in [3.05, 3.63) is 0 Å². The molecule has 4 nitrogen and oxygen atoms in total. The van der Waals surface area contributed by atoms with Gasteiger partial charge in [-0.05, 0) is 85.9 Å². The Bertz CT molecular complexity index is 967. The molecule has 190 valence electrons. The van der Waals surface area contributed by atoms with Crippen LogP contribution in [0, 0.1) is 50.2 Å². The number of carbonyl (C=O) groups excluding carboxylic acids is 2. The fourth-order valence-corrected chi connectivity index (χ4v) is 11.5. The van der Waals surface area contributed by atoms with Crippen molar-refractivity contribution >= 4 is 11.8 Å². The molecule has 0 aromatic heterocycles. The smallest absolute Gasteiger partial charge is 0.312 e. The predicted molar refractivity (Wildman–Crippen MR) is 131 cm³/mol. The van der Waals surface area contributed by atoms with Gasteiger partial charge in [-0.1, -0.05) is 48.5 Å². The first kappa shape index (κ1) is 23.5. The Hall–Kier alpha value is -0.900. The second kappa shape index (κ2) is 6.32. The molecule has 1 N–H and O–H groups in total. The van der Waals surface area contributed by atoms with Crippen molar-refractivity contribution in [3.63, 3.8) is 0 Å². The van der Waals surface area contributed by atoms with Crippen LogP contribution in [0.15, 0.2) is 0 Å². The molecule has 34 heavy (non-hydrogen) atoms. The third-order valence-electron chi connectivity index (χ3n) is 13.8. The van der Waals surface area contributed by atoms with Crippen molar-refractivity contribution in [2.45, 2.75) is 124 Å². The lowest BCUT2D eigenvalue weighted by Gasteiger charge is -2.77. The molecule has 4 heteroatoms. The molecule has 9 atom stereocenters. The van der Waals surface area contributed by atoms with Crippen molar-refractivity contribution in [3.8, 4) is 0 Å². The number of fused-ring (bicyclic) bond motifs is 4. The van der Waals surface area contributed by atoms with E-state index in [9.17, 15) is 14.7 Å². The topological polar surface area (TPSA) is 63.6 Å². The molecule has 0 aromatic carbocycles. The van der Waals surface area contributed by atoms with E-state index in [4.69, 9.17) is 4.74 Å². The van der Waals surface area contributed by atoms with Gasteiger partial charge >= 0.3 is 5.97 Å². The summed E-state index contributed by atoms with van der Waals surface area (Å²) < 4.78 is 6.36. The summed E-state index contributed by atoms with van der Waals surface area (Å²) in [4.78, 5) is 26.7. The molecule has 5 saturated carbocycles. The summed E-state index contributed by atoms with van der Waals surface area (Å²) in [6, 6.07) is 0. The van der Waals surface area contributed by atoms with Crippen LogP contribution in [0.3, 0.4) is 0 Å². The molecule has 1 saturated heterocycles. The van der Waals surface area contributed by atoms with Gasteiger partial charge in [0, 0.05) is 23.2 Å². The van der Waals surface area contributed by atoms with Crippen LogP contribution in [0.1, 0.15) is 113 Å². The van der Waals surface area contributed by atoms with E-state index in [2.05, 4.69) is 48.5 Å². The molecular weight excluding hydrogens is 424 g/mol. The van der Waals surface area contributed by atoms with Gasteiger partial charge in [0.25, 0.3) is 0 Å². The number of hydrogen-bond donors (Lipinski definition) is 1. The first-order chi connectivity index (χ1) is 15.6. The van der Waals surface area contributed by atoms with E-state index >= 15 is 0 Å². The van der Waals surface area contributed by atoms with Crippen LogP contribution < -0.4 is 0 Å². The number of aliphatic hydroxyl groups is 1. The molecule has 0 spiro atoms. The predicted octanol–water partition coefficient (Wildman–Crippen LogP) is 6.09. The third-order valence-corrected chi connectivity index (χ3v) is 13.8. The summed E-state index contributed by atoms with van der Waals surface area (Å²) in [7, 11) is 0. The summed E-state index contributed by atoms with van der Waals surface area (Å²) in [6.07, 6.45) is 8.55. The zero-order chi connectivity index (χ0) is 24.7. The van der Waals surface area contributed by atoms with Crippen LogP contribution in [-0.2, 0) is 14.3 Å². The van der Waals surface area contributed by atoms with E-state index in [1.807, 2.05) is 0 Å². The first-order valence-corrected chi connectivity index (χ1v) is 14.1. The zero-order valence-corrected chi connectivity index (χ0v) is 22.6. The van der Waals surface area contributed by atoms with Crippen molar-refractivity contribution in [1.29, 1.82) is 0 Å². The lowest BCUT2D eigenvalue weighted by Crippen LogP contribution is -2.81. The highest BCUT2D eigenvalue weighted by atomic mass is 16.6. The number of rotatable bonds is 0. The van der Waals surface area contributed by atoms with Crippen molar-refractivity contribution in [2.24, 2.45) is 50.2 Å². The lowest BCUT2D eigenvalue weighted by atomic mass is 9.29. The highest BCUT2D eigenvalue weighted by molar-refractivity contribution is 5.85. The summed E-state index contributed by atoms with van der Waals surface area (Å²) in [5, 5.41) is 13.0. The molecule has 0 amide bonds. The molecule has 1 aliphatic heterocycles. The standard InChI is InChI=1S/C30H46O4/c1-24(2)12-14-29-15-13-28(7)27(6)11-8-18-25(3,4)21(31)9-10-26(18,5)19(27)16-22(34-23(29)32)30(28,33)20(29)17-24/h18-20,22,33H,8-17H2,1-7H3. The van der Waals surface area contributed by atoms with Crippen molar-refractivity contribution in [2.75, 3.05) is 0 Å². The van der Waals surface area contributed by atoms with Crippen LogP contribution in [0.2, 0.25) is 0 Å². The van der Waals surface area contributed by atoms with Crippen molar-refractivity contribution in [1.82, 2.24) is 0 Å². The van der Waals surface area contributed by atoms with Gasteiger partial charge in [0.05, 0.1) is 5.41 Å². The average Bonchev–Trinajstić information content (AvgIpc) is 2.74. The minimum absolute atomic E-state index is 0.0126. The second-order valence-electron chi connectivity index (χ2n) is 15.6. The molecule has 9 unspecified atom stereocenters. The van der Waals surface area contributed by atoms with Gasteiger partial charge in [-0.15, -0.1) is 0 Å². The van der Waals surface area contributed by atoms with Crippen LogP contribution in [0.4, 0.5) is 0 Å². The monoisotopic (exact) mass is 470 g/mol. The summed E-state index contributed by atoms with van der Waals surface area (Å²) in [6.45, 7) is 16.2. The molecule has 0 radical (unpaired) electrons. The molecule has 6 fully saturated rings. The largest absolute Gasteiger partial charge is 0.459 e. The number of ketones is 1. The average molecular weight is 471 g/mol. The Morgan fingerprint density at radius 3 is 2.21 bits per heavy atom. The van der Waals surface area contributed by atoms with Gasteiger partial charge in [0.1, 0.15) is 17.5 Å². The fourth-order valence-electron chi connectivity index (χ4n) is 11.5. The highest BCUT2D eigenvalue weighted by Crippen LogP contribution is 2.79. The quantitative estimate of drug-likeness (QED) is 0.435. The van der Waals surface area contributed by atoms with Crippen molar-refractivity contribution < 1.29 is 19.4 Å². The van der Waals surface area contributed by atoms with E-state index < -0.39 is 17.1 Å². The van der Waals surface area contributed by atoms with Crippen LogP contribution in [0.25, 0.3) is 0 Å². The van der Waals surface area contributed by atoms with E-state index in [1.165, 1.54) is 0 Å². The lowest BCUT2D eigenvalue weighted by molar-refractivity contribution is -0.361. The Morgan fingerprint density at radius 1 is 0.824 bits per heavy atom. The van der Waals surface area contributed by atoms with Gasteiger partial charge in [-0.3, -0.25) is 9.59 Å². The second-order valence-corrected chi connectivity index (χ2v) is 15.6. The van der Waals surface area contributed by atoms with Gasteiger partial charge in [0.2, 0.25) is 0 Å². The normalized spacial score (nSPS) is 57.1.